The Morgan fingerprint density at radius 2 is 0.907 bits per heavy atom. The van der Waals surface area contributed by atoms with Crippen LogP contribution in [0.5, 0.6) is 46.0 Å². The quantitative estimate of drug-likeness (QED) is 0.0274. The molecule has 4 aliphatic rings. The molecule has 5 N–H and O–H groups in total. The molecule has 0 amide bonds. The highest BCUT2D eigenvalue weighted by Crippen LogP contribution is 2.41. The van der Waals surface area contributed by atoms with E-state index in [1.54, 1.807) is 119 Å². The van der Waals surface area contributed by atoms with E-state index in [9.17, 15) is 37.8 Å². The summed E-state index contributed by atoms with van der Waals surface area (Å²) in [4.78, 5) is 35.7. The Morgan fingerprint density at radius 3 is 1.43 bits per heavy atom. The summed E-state index contributed by atoms with van der Waals surface area (Å²) in [5, 5.41) is 40.9. The first-order valence-corrected chi connectivity index (χ1v) is 30.3. The van der Waals surface area contributed by atoms with Crippen LogP contribution in [0.1, 0.15) is 0 Å². The average molecular weight is 1520 g/mol. The number of aromatic nitrogens is 6. The number of nitrogens with one attached hydrogen (secondary N) is 1. The molecule has 0 fully saturated rings. The summed E-state index contributed by atoms with van der Waals surface area (Å²) in [6, 6.07) is 39.3. The van der Waals surface area contributed by atoms with Gasteiger partial charge in [0.2, 0.25) is 33.0 Å². The number of halogens is 8. The normalized spacial score (nSPS) is 12.1. The Balaban J connectivity index is 0.000000123. The van der Waals surface area contributed by atoms with E-state index in [-0.39, 0.29) is 52.3 Å². The molecule has 0 atom stereocenters. The van der Waals surface area contributed by atoms with Crippen molar-refractivity contribution in [2.24, 2.45) is 0 Å². The van der Waals surface area contributed by atoms with Crippen LogP contribution in [0.4, 0.5) is 50.4 Å². The van der Waals surface area contributed by atoms with E-state index < -0.39 is 40.1 Å². The molecule has 0 aliphatic carbocycles. The maximum absolute atomic E-state index is 15.3. The van der Waals surface area contributed by atoms with Crippen LogP contribution in [0.15, 0.2) is 196 Å². The number of nitrogens with zero attached hydrogens (tertiary/aromatic N) is 8. The minimum Gasteiger partial charge on any atom is -0.454 e. The molecular formula is C64H43BBr3F5N10O14. The molecule has 0 bridgehead atoms. The number of ether oxygens (including phenoxy) is 8. The van der Waals surface area contributed by atoms with Crippen molar-refractivity contribution < 1.29 is 79.7 Å². The molecule has 0 saturated heterocycles. The van der Waals surface area contributed by atoms with Crippen LogP contribution in [0.25, 0.3) is 44.6 Å². The standard InChI is InChI=1S/C19H12FN3O2.C14H8BrFN2O2.C13H8BrFN2O4.C7H7NO2.C6H2BrF2NO2.C5H6BNO2/c20-18-14(12-5-7-21-8-6-12)2-3-15-19(18)23(10-22-15)13-1-4-16-17(9-13)25-11-24-16;15-9-2-3-10-14(13(9)16)18(6-17-10)8-1-4-11-12(5-8)20-7-19-11;14-8-2-3-9(17(18)19)13(12(8)15)16-7-1-4-10-11(5-7)21-6-20-10;8-5-1-2-6-7(3-5)10-4-9-6;7-3-1-2-4(10(11)12)6(9)5(3)8;8-6(9)5-1-3-7-4-2-5/h1-10H,11H2;1-6H,7H2;1-5,16H,6H2;1-3H,4,8H2;1-2H;1-4,8-9H. The third-order valence-electron chi connectivity index (χ3n) is 14.0. The van der Waals surface area contributed by atoms with Gasteiger partial charge in [-0.05, 0) is 168 Å². The zero-order valence-corrected chi connectivity index (χ0v) is 54.0. The largest absolute Gasteiger partial charge is 0.488 e. The van der Waals surface area contributed by atoms with Crippen molar-refractivity contribution in [1.82, 2.24) is 29.1 Å². The monoisotopic (exact) mass is 1520 g/mol. The molecular weight excluding hydrogens is 1480 g/mol. The number of fused-ring (bicyclic) bond motifs is 6. The van der Waals surface area contributed by atoms with Gasteiger partial charge < -0.3 is 59.0 Å². The average Bonchev–Trinajstić information content (AvgIpc) is 1.66. The van der Waals surface area contributed by atoms with Gasteiger partial charge in [-0.2, -0.15) is 4.39 Å². The first-order valence-electron chi connectivity index (χ1n) is 28.0. The highest BCUT2D eigenvalue weighted by atomic mass is 79.9. The van der Waals surface area contributed by atoms with Gasteiger partial charge in [-0.1, -0.05) is 0 Å². The zero-order chi connectivity index (χ0) is 68.4. The van der Waals surface area contributed by atoms with Crippen molar-refractivity contribution in [3.05, 3.63) is 246 Å². The molecule has 16 rings (SSSR count). The lowest BCUT2D eigenvalue weighted by Crippen LogP contribution is -2.29. The summed E-state index contributed by atoms with van der Waals surface area (Å²) < 4.78 is 115. The predicted molar refractivity (Wildman–Crippen MR) is 354 cm³/mol. The second-order valence-electron chi connectivity index (χ2n) is 20.0. The van der Waals surface area contributed by atoms with Gasteiger partial charge in [-0.3, -0.25) is 39.3 Å². The molecule has 8 heterocycles. The maximum atomic E-state index is 15.3. The molecule has 24 nitrogen and oxygen atoms in total. The van der Waals surface area contributed by atoms with E-state index in [1.165, 1.54) is 24.5 Å². The number of imidazole rings is 2. The van der Waals surface area contributed by atoms with Crippen LogP contribution in [0.3, 0.4) is 0 Å². The van der Waals surface area contributed by atoms with E-state index in [0.717, 1.165) is 40.6 Å². The van der Waals surface area contributed by atoms with Gasteiger partial charge in [0.05, 0.1) is 45.7 Å². The highest BCUT2D eigenvalue weighted by molar-refractivity contribution is 9.11. The lowest BCUT2D eigenvalue weighted by atomic mass is 9.81. The Hall–Kier alpha value is -11.1. The number of rotatable bonds is 8. The number of anilines is 3. The third kappa shape index (κ3) is 15.4. The lowest BCUT2D eigenvalue weighted by Gasteiger charge is -2.09. The van der Waals surface area contributed by atoms with Crippen LogP contribution in [0, 0.1) is 49.3 Å². The van der Waals surface area contributed by atoms with Gasteiger partial charge in [0.15, 0.2) is 75.0 Å². The van der Waals surface area contributed by atoms with Crippen molar-refractivity contribution in [2.45, 2.75) is 0 Å². The number of pyridine rings is 2. The molecule has 12 aromatic rings. The molecule has 97 heavy (non-hydrogen) atoms. The number of nitro benzene ring substituents is 2. The number of nitrogen functional groups attached to an aromatic ring is 1. The fraction of sp³-hybridized carbons (Fsp3) is 0.0625. The van der Waals surface area contributed by atoms with E-state index >= 15 is 4.39 Å². The Labute approximate surface area is 569 Å². The van der Waals surface area contributed by atoms with Crippen LogP contribution in [-0.2, 0) is 0 Å². The fourth-order valence-electron chi connectivity index (χ4n) is 9.36. The molecule has 0 radical (unpaired) electrons. The molecule has 0 spiro atoms. The second-order valence-corrected chi connectivity index (χ2v) is 22.6. The molecule has 0 unspecified atom stereocenters. The summed E-state index contributed by atoms with van der Waals surface area (Å²) in [7, 11) is -1.38. The van der Waals surface area contributed by atoms with Gasteiger partial charge in [-0.25, -0.2) is 27.5 Å². The number of nitro groups is 2. The molecule has 492 valence electrons. The summed E-state index contributed by atoms with van der Waals surface area (Å²) in [6.07, 6.45) is 9.52. The topological polar surface area (TPSA) is 300 Å². The van der Waals surface area contributed by atoms with Crippen molar-refractivity contribution >= 4 is 111 Å². The summed E-state index contributed by atoms with van der Waals surface area (Å²) in [6.45, 7) is 0.830. The number of hydrogen-bond donors (Lipinski definition) is 4. The molecule has 4 aliphatic heterocycles. The number of nitrogens with two attached hydrogens (primary N) is 1. The molecule has 8 aromatic carbocycles. The van der Waals surface area contributed by atoms with Gasteiger partial charge in [0.25, 0.3) is 5.69 Å². The van der Waals surface area contributed by atoms with Crippen LogP contribution < -0.4 is 54.4 Å². The Morgan fingerprint density at radius 1 is 0.474 bits per heavy atom. The van der Waals surface area contributed by atoms with Crippen molar-refractivity contribution in [1.29, 1.82) is 0 Å². The van der Waals surface area contributed by atoms with Crippen molar-refractivity contribution in [3.63, 3.8) is 0 Å². The van der Waals surface area contributed by atoms with Gasteiger partial charge in [0.1, 0.15) is 23.7 Å². The van der Waals surface area contributed by atoms with Gasteiger partial charge in [0, 0.05) is 78.1 Å². The minimum atomic E-state index is -1.45. The molecule has 4 aromatic heterocycles. The van der Waals surface area contributed by atoms with Crippen molar-refractivity contribution in [2.75, 3.05) is 38.2 Å². The van der Waals surface area contributed by atoms with Crippen molar-refractivity contribution in [3.8, 4) is 68.5 Å². The minimum absolute atomic E-state index is 0.115. The number of benzene rings is 8. The smallest absolute Gasteiger partial charge is 0.454 e. The number of hydrogen-bond acceptors (Lipinski definition) is 20. The van der Waals surface area contributed by atoms with Crippen LogP contribution >= 0.6 is 47.8 Å². The third-order valence-corrected chi connectivity index (χ3v) is 15.9. The van der Waals surface area contributed by atoms with E-state index in [0.29, 0.717) is 90.2 Å². The first kappa shape index (κ1) is 67.3. The summed E-state index contributed by atoms with van der Waals surface area (Å²) in [5.74, 6) is 1.17. The van der Waals surface area contributed by atoms with E-state index in [2.05, 4.69) is 73.0 Å². The lowest BCUT2D eigenvalue weighted by molar-refractivity contribution is -0.387. The SMILES string of the molecule is Fc1c(-c2ccncc2)ccc2ncn(-c3ccc4c(c3)OCO4)c12.Fc1c(Br)ccc2ncn(-c3ccc4c(c3)OCO4)c12.Nc1ccc2c(c1)OCO2.O=[N+]([O-])c1ccc(Br)c(F)c1F.O=[N+]([O-])c1ccc(Br)c(F)c1Nc1ccc2c(c1)OCO2.OB(O)c1ccncc1. The van der Waals surface area contributed by atoms with Gasteiger partial charge >= 0.3 is 12.8 Å². The summed E-state index contributed by atoms with van der Waals surface area (Å²) in [5.41, 5.74) is 10.5. The predicted octanol–water partition coefficient (Wildman–Crippen LogP) is 14.0. The molecule has 0 saturated carbocycles. The van der Waals surface area contributed by atoms with E-state index in [1.807, 2.05) is 36.4 Å². The maximum Gasteiger partial charge on any atom is 0.488 e. The second kappa shape index (κ2) is 30.1. The highest BCUT2D eigenvalue weighted by Gasteiger charge is 2.25. The Kier molecular flexibility index (Phi) is 20.9. The molecule has 33 heteroatoms. The fourth-order valence-corrected chi connectivity index (χ4v) is 10.3. The Bertz CT molecular complexity index is 4920. The van der Waals surface area contributed by atoms with E-state index in [4.69, 9.17) is 53.7 Å². The van der Waals surface area contributed by atoms with Gasteiger partial charge in [-0.15, -0.1) is 0 Å². The van der Waals surface area contributed by atoms with Crippen LogP contribution in [0.2, 0.25) is 0 Å². The summed E-state index contributed by atoms with van der Waals surface area (Å²) >= 11 is 8.90. The first-order chi connectivity index (χ1) is 46.8. The zero-order valence-electron chi connectivity index (χ0n) is 49.2. The van der Waals surface area contributed by atoms with Crippen LogP contribution in [-0.4, -0.2) is 83.3 Å².